The number of amides is 4. The number of rotatable bonds is 3. The van der Waals surface area contributed by atoms with Gasteiger partial charge in [-0.15, -0.1) is 0 Å². The van der Waals surface area contributed by atoms with Gasteiger partial charge in [-0.3, -0.25) is 9.69 Å². The van der Waals surface area contributed by atoms with E-state index in [1.54, 1.807) is 0 Å². The van der Waals surface area contributed by atoms with Crippen molar-refractivity contribution in [3.8, 4) is 0 Å². The van der Waals surface area contributed by atoms with E-state index in [-0.39, 0.29) is 25.0 Å². The molecule has 0 aromatic heterocycles. The molecular weight excluding hydrogens is 204 g/mol. The van der Waals surface area contributed by atoms with Crippen LogP contribution in [0.4, 0.5) is 9.59 Å². The Morgan fingerprint density at radius 1 is 1.33 bits per heavy atom. The number of carbonyl (C=O) groups is 3. The maximum Gasteiger partial charge on any atom is 0.320 e. The Kier molecular flexibility index (Phi) is 2.10. The first-order valence-electron chi connectivity index (χ1n) is 4.44. The smallest absolute Gasteiger partial charge is 0.320 e. The second kappa shape index (κ2) is 3.30. The molecule has 2 atom stereocenters. The van der Waals surface area contributed by atoms with Crippen LogP contribution in [-0.2, 0) is 4.79 Å². The van der Waals surface area contributed by atoms with Crippen molar-refractivity contribution in [2.45, 2.75) is 18.8 Å². The first-order chi connectivity index (χ1) is 7.08. The SMILES string of the molecule is O=C(O)CCN1C(=O)N[C@@H]2NC(=O)N[C@@H]21. The van der Waals surface area contributed by atoms with Gasteiger partial charge in [0, 0.05) is 6.54 Å². The number of carboxylic acids is 1. The summed E-state index contributed by atoms with van der Waals surface area (Å²) in [7, 11) is 0. The van der Waals surface area contributed by atoms with Crippen LogP contribution in [0.2, 0.25) is 0 Å². The van der Waals surface area contributed by atoms with Crippen LogP contribution in [0.15, 0.2) is 0 Å². The van der Waals surface area contributed by atoms with E-state index in [2.05, 4.69) is 16.0 Å². The summed E-state index contributed by atoms with van der Waals surface area (Å²) in [5.41, 5.74) is 0. The van der Waals surface area contributed by atoms with Crippen LogP contribution in [0.1, 0.15) is 6.42 Å². The number of carboxylic acid groups (broad SMARTS) is 1. The maximum atomic E-state index is 11.3. The van der Waals surface area contributed by atoms with Gasteiger partial charge in [0.15, 0.2) is 0 Å². The van der Waals surface area contributed by atoms with Crippen molar-refractivity contribution in [3.63, 3.8) is 0 Å². The highest BCUT2D eigenvalue weighted by molar-refractivity contribution is 5.85. The summed E-state index contributed by atoms with van der Waals surface area (Å²) < 4.78 is 0. The van der Waals surface area contributed by atoms with Gasteiger partial charge in [0.1, 0.15) is 12.3 Å². The molecule has 8 nitrogen and oxygen atoms in total. The highest BCUT2D eigenvalue weighted by Crippen LogP contribution is 2.13. The van der Waals surface area contributed by atoms with Crippen LogP contribution in [-0.4, -0.2) is 46.9 Å². The number of hydrogen-bond acceptors (Lipinski definition) is 3. The predicted octanol–water partition coefficient (Wildman–Crippen LogP) is -1.55. The lowest BCUT2D eigenvalue weighted by molar-refractivity contribution is -0.137. The van der Waals surface area contributed by atoms with E-state index in [1.165, 1.54) is 4.90 Å². The van der Waals surface area contributed by atoms with Gasteiger partial charge < -0.3 is 21.1 Å². The summed E-state index contributed by atoms with van der Waals surface area (Å²) in [4.78, 5) is 33.9. The van der Waals surface area contributed by atoms with Crippen LogP contribution >= 0.6 is 0 Å². The minimum Gasteiger partial charge on any atom is -0.481 e. The van der Waals surface area contributed by atoms with Crippen LogP contribution in [0, 0.1) is 0 Å². The molecule has 4 amide bonds. The molecule has 2 heterocycles. The minimum atomic E-state index is -0.983. The Morgan fingerprint density at radius 2 is 2.07 bits per heavy atom. The molecule has 2 rings (SSSR count). The second-order valence-electron chi connectivity index (χ2n) is 3.33. The van der Waals surface area contributed by atoms with E-state index in [9.17, 15) is 14.4 Å². The molecule has 0 bridgehead atoms. The van der Waals surface area contributed by atoms with Gasteiger partial charge in [-0.25, -0.2) is 9.59 Å². The quantitative estimate of drug-likeness (QED) is 0.455. The summed E-state index contributed by atoms with van der Waals surface area (Å²) in [6, 6.07) is -0.746. The van der Waals surface area contributed by atoms with Crippen molar-refractivity contribution < 1.29 is 19.5 Å². The highest BCUT2D eigenvalue weighted by Gasteiger charge is 2.45. The largest absolute Gasteiger partial charge is 0.481 e. The van der Waals surface area contributed by atoms with Crippen molar-refractivity contribution in [3.05, 3.63) is 0 Å². The topological polar surface area (TPSA) is 111 Å². The Morgan fingerprint density at radius 3 is 2.73 bits per heavy atom. The average molecular weight is 214 g/mol. The average Bonchev–Trinajstić information content (AvgIpc) is 2.57. The molecule has 82 valence electrons. The van der Waals surface area contributed by atoms with E-state index < -0.39 is 18.3 Å². The number of nitrogens with one attached hydrogen (secondary N) is 3. The molecule has 2 aliphatic rings. The molecule has 0 radical (unpaired) electrons. The van der Waals surface area contributed by atoms with E-state index in [1.807, 2.05) is 0 Å². The predicted molar refractivity (Wildman–Crippen MR) is 46.7 cm³/mol. The fraction of sp³-hybridized carbons (Fsp3) is 0.571. The highest BCUT2D eigenvalue weighted by atomic mass is 16.4. The van der Waals surface area contributed by atoms with E-state index in [0.717, 1.165) is 0 Å². The summed E-state index contributed by atoms with van der Waals surface area (Å²) in [6.07, 6.45) is -1.12. The molecule has 0 aromatic carbocycles. The van der Waals surface area contributed by atoms with Crippen molar-refractivity contribution in [1.82, 2.24) is 20.9 Å². The molecule has 2 fully saturated rings. The normalized spacial score (nSPS) is 28.1. The third-order valence-electron chi connectivity index (χ3n) is 2.32. The summed E-state index contributed by atoms with van der Waals surface area (Å²) >= 11 is 0. The van der Waals surface area contributed by atoms with Crippen molar-refractivity contribution in [2.24, 2.45) is 0 Å². The zero-order chi connectivity index (χ0) is 11.0. The van der Waals surface area contributed by atoms with Crippen LogP contribution in [0.25, 0.3) is 0 Å². The van der Waals surface area contributed by atoms with Gasteiger partial charge in [-0.05, 0) is 0 Å². The number of nitrogens with zero attached hydrogens (tertiary/aromatic N) is 1. The van der Waals surface area contributed by atoms with Crippen LogP contribution < -0.4 is 16.0 Å². The van der Waals surface area contributed by atoms with Gasteiger partial charge in [-0.2, -0.15) is 0 Å². The van der Waals surface area contributed by atoms with Gasteiger partial charge >= 0.3 is 18.0 Å². The lowest BCUT2D eigenvalue weighted by Gasteiger charge is -2.19. The molecule has 0 saturated carbocycles. The Balaban J connectivity index is 2.00. The Bertz CT molecular complexity index is 331. The maximum absolute atomic E-state index is 11.3. The lowest BCUT2D eigenvalue weighted by atomic mass is 10.3. The van der Waals surface area contributed by atoms with Crippen LogP contribution in [0.5, 0.6) is 0 Å². The molecule has 2 aliphatic heterocycles. The van der Waals surface area contributed by atoms with E-state index in [4.69, 9.17) is 5.11 Å². The molecule has 4 N–H and O–H groups in total. The fourth-order valence-corrected chi connectivity index (χ4v) is 1.65. The summed E-state index contributed by atoms with van der Waals surface area (Å²) in [5.74, 6) is -0.983. The number of urea groups is 2. The van der Waals surface area contributed by atoms with Gasteiger partial charge in [-0.1, -0.05) is 0 Å². The fourth-order valence-electron chi connectivity index (χ4n) is 1.65. The van der Waals surface area contributed by atoms with Crippen molar-refractivity contribution in [1.29, 1.82) is 0 Å². The summed E-state index contributed by atoms with van der Waals surface area (Å²) in [6.45, 7) is 0.0737. The molecule has 0 aromatic rings. The molecule has 15 heavy (non-hydrogen) atoms. The van der Waals surface area contributed by atoms with Gasteiger partial charge in [0.2, 0.25) is 0 Å². The number of aliphatic carboxylic acids is 1. The Hall–Kier alpha value is -1.99. The monoisotopic (exact) mass is 214 g/mol. The number of hydrogen-bond donors (Lipinski definition) is 4. The van der Waals surface area contributed by atoms with Gasteiger partial charge in [0.25, 0.3) is 0 Å². The number of carbonyl (C=O) groups excluding carboxylic acids is 2. The zero-order valence-electron chi connectivity index (χ0n) is 7.69. The first kappa shape index (κ1) is 9.56. The molecule has 0 aliphatic carbocycles. The van der Waals surface area contributed by atoms with Crippen molar-refractivity contribution in [2.75, 3.05) is 6.54 Å². The number of fused-ring (bicyclic) bond motifs is 1. The molecule has 0 spiro atoms. The first-order valence-corrected chi connectivity index (χ1v) is 4.44. The Labute approximate surface area is 84.6 Å². The standard InChI is InChI=1S/C7H10N4O4/c12-3(13)1-2-11-5-4(9-7(11)15)8-6(14)10-5/h4-5H,1-2H2,(H,9,15)(H,12,13)(H2,8,10,14)/t4-,5+/m0/s1. The third-order valence-corrected chi connectivity index (χ3v) is 2.32. The molecule has 0 unspecified atom stereocenters. The lowest BCUT2D eigenvalue weighted by Crippen LogP contribution is -2.44. The zero-order valence-corrected chi connectivity index (χ0v) is 7.69. The van der Waals surface area contributed by atoms with E-state index >= 15 is 0 Å². The van der Waals surface area contributed by atoms with Gasteiger partial charge in [0.05, 0.1) is 6.42 Å². The molecule has 8 heteroatoms. The molecule has 2 saturated heterocycles. The van der Waals surface area contributed by atoms with Crippen LogP contribution in [0.3, 0.4) is 0 Å². The van der Waals surface area contributed by atoms with Crippen molar-refractivity contribution >= 4 is 18.0 Å². The second-order valence-corrected chi connectivity index (χ2v) is 3.33. The molecular formula is C7H10N4O4. The summed E-state index contributed by atoms with van der Waals surface area (Å²) in [5, 5.41) is 16.0. The van der Waals surface area contributed by atoms with E-state index in [0.29, 0.717) is 0 Å². The minimum absolute atomic E-state index is 0.0737. The third kappa shape index (κ3) is 1.65.